The minimum absolute atomic E-state index is 0.368. The molecule has 0 unspecified atom stereocenters. The number of aryl methyl sites for hydroxylation is 4. The molecule has 0 spiro atoms. The Kier molecular flexibility index (Phi) is 9.83. The average Bonchev–Trinajstić information content (AvgIpc) is 3.09. The Morgan fingerprint density at radius 1 is 0.348 bits per heavy atom. The fraction of sp³-hybridized carbons (Fsp3) is 0.364. The Labute approximate surface area is 275 Å². The lowest BCUT2D eigenvalue weighted by Crippen LogP contribution is -1.95. The number of phenols is 2. The molecule has 46 heavy (non-hydrogen) atoms. The van der Waals surface area contributed by atoms with Crippen molar-refractivity contribution in [3.05, 3.63) is 95.1 Å². The monoisotopic (exact) mass is 610 g/mol. The van der Waals surface area contributed by atoms with E-state index in [0.29, 0.717) is 11.5 Å². The Bertz CT molecular complexity index is 1870. The molecule has 0 aliphatic heterocycles. The van der Waals surface area contributed by atoms with E-state index in [9.17, 15) is 10.2 Å². The zero-order valence-electron chi connectivity index (χ0n) is 28.3. The van der Waals surface area contributed by atoms with Crippen molar-refractivity contribution >= 4 is 43.1 Å². The average molecular weight is 611 g/mol. The zero-order valence-corrected chi connectivity index (χ0v) is 28.3. The highest BCUT2D eigenvalue weighted by molar-refractivity contribution is 6.26. The predicted octanol–water partition coefficient (Wildman–Crippen LogP) is 12.7. The van der Waals surface area contributed by atoms with Crippen LogP contribution in [-0.4, -0.2) is 10.2 Å². The van der Waals surface area contributed by atoms with Crippen LogP contribution in [0.1, 0.15) is 101 Å². The number of hydrogen-bond donors (Lipinski definition) is 2. The summed E-state index contributed by atoms with van der Waals surface area (Å²) in [5.41, 5.74) is 7.44. The molecule has 6 aromatic carbocycles. The van der Waals surface area contributed by atoms with E-state index < -0.39 is 0 Å². The molecule has 0 bridgehead atoms. The van der Waals surface area contributed by atoms with Gasteiger partial charge in [-0.15, -0.1) is 0 Å². The summed E-state index contributed by atoms with van der Waals surface area (Å²) < 4.78 is 0. The van der Waals surface area contributed by atoms with Gasteiger partial charge in [-0.05, 0) is 118 Å². The fourth-order valence-electron chi connectivity index (χ4n) is 7.28. The maximum atomic E-state index is 11.9. The molecule has 0 aliphatic rings. The van der Waals surface area contributed by atoms with Gasteiger partial charge in [0.1, 0.15) is 11.5 Å². The Morgan fingerprint density at radius 2 is 0.630 bits per heavy atom. The maximum absolute atomic E-state index is 11.9. The van der Waals surface area contributed by atoms with Gasteiger partial charge in [-0.25, -0.2) is 0 Å². The highest BCUT2D eigenvalue weighted by Gasteiger charge is 2.22. The molecule has 0 fully saturated rings. The van der Waals surface area contributed by atoms with Crippen LogP contribution in [0.25, 0.3) is 54.2 Å². The van der Waals surface area contributed by atoms with Gasteiger partial charge in [0.25, 0.3) is 0 Å². The molecular weight excluding hydrogens is 560 g/mol. The number of phenolic OH excluding ortho intramolecular Hbond substituents is 2. The zero-order chi connectivity index (χ0) is 32.2. The minimum atomic E-state index is 0.368. The first kappa shape index (κ1) is 31.9. The molecule has 6 rings (SSSR count). The first-order valence-electron chi connectivity index (χ1n) is 17.9. The van der Waals surface area contributed by atoms with Crippen molar-refractivity contribution in [2.75, 3.05) is 0 Å². The van der Waals surface area contributed by atoms with E-state index in [2.05, 4.69) is 100 Å². The van der Waals surface area contributed by atoms with E-state index in [1.54, 1.807) is 0 Å². The second-order valence-electron chi connectivity index (χ2n) is 13.4. The number of rotatable bonds is 13. The highest BCUT2D eigenvalue weighted by Crippen LogP contribution is 2.50. The third kappa shape index (κ3) is 6.07. The molecule has 6 aromatic rings. The van der Waals surface area contributed by atoms with E-state index >= 15 is 0 Å². The smallest absolute Gasteiger partial charge is 0.131 e. The van der Waals surface area contributed by atoms with Gasteiger partial charge in [-0.2, -0.15) is 0 Å². The minimum Gasteiger partial charge on any atom is -0.507 e. The first-order chi connectivity index (χ1) is 22.5. The predicted molar refractivity (Wildman–Crippen MR) is 200 cm³/mol. The van der Waals surface area contributed by atoms with Gasteiger partial charge in [-0.3, -0.25) is 0 Å². The molecule has 0 heterocycles. The Balaban J connectivity index is 1.77. The SMILES string of the molecule is CCCCc1ccc2c(-c3c4ccc(CCCC)cc4c(O)c4ccc(CCCC)cc34)c3cc(CCCC)ccc3c(O)c2c1. The van der Waals surface area contributed by atoms with Crippen molar-refractivity contribution in [3.8, 4) is 22.6 Å². The molecule has 0 amide bonds. The number of benzene rings is 6. The summed E-state index contributed by atoms with van der Waals surface area (Å²) in [7, 11) is 0. The maximum Gasteiger partial charge on any atom is 0.131 e. The van der Waals surface area contributed by atoms with Gasteiger partial charge < -0.3 is 10.2 Å². The van der Waals surface area contributed by atoms with Crippen LogP contribution in [0.2, 0.25) is 0 Å². The van der Waals surface area contributed by atoms with Crippen LogP contribution in [0, 0.1) is 0 Å². The largest absolute Gasteiger partial charge is 0.507 e. The molecule has 2 N–H and O–H groups in total. The highest BCUT2D eigenvalue weighted by atomic mass is 16.3. The number of fused-ring (bicyclic) bond motifs is 4. The van der Waals surface area contributed by atoms with Crippen molar-refractivity contribution in [2.24, 2.45) is 0 Å². The van der Waals surface area contributed by atoms with Crippen LogP contribution < -0.4 is 0 Å². The van der Waals surface area contributed by atoms with E-state index in [0.717, 1.165) is 131 Å². The summed E-state index contributed by atoms with van der Waals surface area (Å²) in [5, 5.41) is 31.7. The molecular formula is C44H50O2. The van der Waals surface area contributed by atoms with Crippen molar-refractivity contribution in [2.45, 2.75) is 105 Å². The van der Waals surface area contributed by atoms with Crippen LogP contribution in [0.5, 0.6) is 11.5 Å². The second kappa shape index (κ2) is 14.2. The third-order valence-corrected chi connectivity index (χ3v) is 9.96. The summed E-state index contributed by atoms with van der Waals surface area (Å²) in [4.78, 5) is 0. The quantitative estimate of drug-likeness (QED) is 0.128. The van der Waals surface area contributed by atoms with E-state index in [-0.39, 0.29) is 0 Å². The lowest BCUT2D eigenvalue weighted by atomic mass is 9.83. The normalized spacial score (nSPS) is 11.8. The van der Waals surface area contributed by atoms with Crippen molar-refractivity contribution in [1.29, 1.82) is 0 Å². The Morgan fingerprint density at radius 3 is 0.935 bits per heavy atom. The van der Waals surface area contributed by atoms with Crippen molar-refractivity contribution < 1.29 is 10.2 Å². The molecule has 0 saturated carbocycles. The van der Waals surface area contributed by atoms with Gasteiger partial charge in [-0.1, -0.05) is 114 Å². The second-order valence-corrected chi connectivity index (χ2v) is 13.4. The summed E-state index contributed by atoms with van der Waals surface area (Å²) in [6.07, 6.45) is 13.1. The standard InChI is InChI=1S/C44H50O2/c1-5-9-13-29-19-23-35-37(25-29)41(33-21-17-31(15-11-7-3)27-39(33)43(35)45)42-34-22-18-32(16-12-8-4)28-40(34)44(46)36-24-20-30(14-10-6-2)26-38(36)42/h17-28,45-46H,5-16H2,1-4H3. The van der Waals surface area contributed by atoms with Crippen molar-refractivity contribution in [3.63, 3.8) is 0 Å². The lowest BCUT2D eigenvalue weighted by Gasteiger charge is -2.21. The van der Waals surface area contributed by atoms with Crippen LogP contribution in [0.3, 0.4) is 0 Å². The van der Waals surface area contributed by atoms with Gasteiger partial charge in [0.15, 0.2) is 0 Å². The molecule has 0 atom stereocenters. The van der Waals surface area contributed by atoms with Gasteiger partial charge >= 0.3 is 0 Å². The molecule has 0 radical (unpaired) electrons. The number of aromatic hydroxyl groups is 2. The van der Waals surface area contributed by atoms with Crippen LogP contribution in [0.4, 0.5) is 0 Å². The Hall–Kier alpha value is -4.04. The topological polar surface area (TPSA) is 40.5 Å². The number of hydrogen-bond acceptors (Lipinski definition) is 2. The van der Waals surface area contributed by atoms with Crippen molar-refractivity contribution in [1.82, 2.24) is 0 Å². The number of unbranched alkanes of at least 4 members (excludes halogenated alkanes) is 4. The van der Waals surface area contributed by atoms with Crippen LogP contribution in [0.15, 0.2) is 72.8 Å². The van der Waals surface area contributed by atoms with Gasteiger partial charge in [0.05, 0.1) is 0 Å². The summed E-state index contributed by atoms with van der Waals surface area (Å²) >= 11 is 0. The summed E-state index contributed by atoms with van der Waals surface area (Å²) in [6.45, 7) is 8.93. The van der Waals surface area contributed by atoms with Crippen LogP contribution >= 0.6 is 0 Å². The van der Waals surface area contributed by atoms with Crippen LogP contribution in [-0.2, 0) is 25.7 Å². The first-order valence-corrected chi connectivity index (χ1v) is 17.9. The molecule has 0 aliphatic carbocycles. The summed E-state index contributed by atoms with van der Waals surface area (Å²) in [6, 6.07) is 26.8. The third-order valence-electron chi connectivity index (χ3n) is 9.96. The summed E-state index contributed by atoms with van der Waals surface area (Å²) in [5.74, 6) is 0.735. The molecule has 238 valence electrons. The lowest BCUT2D eigenvalue weighted by molar-refractivity contribution is 0.487. The fourth-order valence-corrected chi connectivity index (χ4v) is 7.28. The van der Waals surface area contributed by atoms with E-state index in [4.69, 9.17) is 0 Å². The molecule has 0 saturated heterocycles. The van der Waals surface area contributed by atoms with E-state index in [1.165, 1.54) is 22.3 Å². The molecule has 0 aromatic heterocycles. The van der Waals surface area contributed by atoms with Gasteiger partial charge in [0, 0.05) is 21.5 Å². The van der Waals surface area contributed by atoms with Gasteiger partial charge in [0.2, 0.25) is 0 Å². The molecule has 2 nitrogen and oxygen atoms in total. The molecule has 2 heteroatoms. The van der Waals surface area contributed by atoms with E-state index in [1.807, 2.05) is 0 Å².